The highest BCUT2D eigenvalue weighted by atomic mass is 79.9. The lowest BCUT2D eigenvalue weighted by Gasteiger charge is -2.47. The summed E-state index contributed by atoms with van der Waals surface area (Å²) >= 11 is 2.94. The van der Waals surface area contributed by atoms with Crippen molar-refractivity contribution in [1.82, 2.24) is 0 Å². The monoisotopic (exact) mass is 332 g/mol. The molecule has 1 heterocycles. The summed E-state index contributed by atoms with van der Waals surface area (Å²) in [7, 11) is 0. The van der Waals surface area contributed by atoms with Gasteiger partial charge in [-0.2, -0.15) is 0 Å². The minimum Gasteiger partial charge on any atom is -0.386 e. The van der Waals surface area contributed by atoms with Crippen molar-refractivity contribution in [3.8, 4) is 0 Å². The Morgan fingerprint density at radius 2 is 2.21 bits per heavy atom. The summed E-state index contributed by atoms with van der Waals surface area (Å²) in [4.78, 5) is 12.1. The number of nitrogens with zero attached hydrogens (tertiary/aromatic N) is 2. The molecule has 0 bridgehead atoms. The van der Waals surface area contributed by atoms with Gasteiger partial charge in [0.05, 0.1) is 15.0 Å². The molecule has 1 aliphatic rings. The molecule has 2 rings (SSSR count). The van der Waals surface area contributed by atoms with Crippen LogP contribution in [0.1, 0.15) is 19.8 Å². The number of hydrogen-bond donors (Lipinski definition) is 1. The minimum atomic E-state index is -0.813. The number of β-amino-alcohol motifs (C(OH)–C–C–N with tert-alkyl or cyclic N) is 1. The molecule has 0 aliphatic carbocycles. The van der Waals surface area contributed by atoms with Gasteiger partial charge >= 0.3 is 0 Å². The van der Waals surface area contributed by atoms with Crippen molar-refractivity contribution in [2.75, 3.05) is 18.0 Å². The molecule has 1 fully saturated rings. The van der Waals surface area contributed by atoms with E-state index < -0.39 is 16.3 Å². The first kappa shape index (κ1) is 14.2. The summed E-state index contributed by atoms with van der Waals surface area (Å²) in [6, 6.07) is 2.29. The molecule has 5 nitrogen and oxygen atoms in total. The van der Waals surface area contributed by atoms with E-state index in [1.165, 1.54) is 0 Å². The van der Waals surface area contributed by atoms with Gasteiger partial charge < -0.3 is 10.0 Å². The van der Waals surface area contributed by atoms with Crippen LogP contribution in [0, 0.1) is 15.9 Å². The number of aliphatic hydroxyl groups is 1. The molecule has 104 valence electrons. The van der Waals surface area contributed by atoms with Crippen LogP contribution in [0.2, 0.25) is 0 Å². The van der Waals surface area contributed by atoms with Crippen molar-refractivity contribution in [2.24, 2.45) is 0 Å². The molecule has 19 heavy (non-hydrogen) atoms. The van der Waals surface area contributed by atoms with Gasteiger partial charge in [0.2, 0.25) is 0 Å². The fraction of sp³-hybridized carbons (Fsp3) is 0.500. The summed E-state index contributed by atoms with van der Waals surface area (Å²) in [5, 5.41) is 21.1. The quantitative estimate of drug-likeness (QED) is 0.680. The van der Waals surface area contributed by atoms with Crippen LogP contribution in [0.4, 0.5) is 15.8 Å². The number of rotatable bonds is 4. The maximum Gasteiger partial charge on any atom is 0.293 e. The predicted octanol–water partition coefficient (Wildman–Crippen LogP) is 2.85. The van der Waals surface area contributed by atoms with Gasteiger partial charge in [0.1, 0.15) is 11.5 Å². The van der Waals surface area contributed by atoms with E-state index in [0.717, 1.165) is 18.6 Å². The van der Waals surface area contributed by atoms with Crippen molar-refractivity contribution >= 4 is 27.3 Å². The highest BCUT2D eigenvalue weighted by molar-refractivity contribution is 9.10. The highest BCUT2D eigenvalue weighted by Gasteiger charge is 2.42. The Kier molecular flexibility index (Phi) is 3.78. The maximum atomic E-state index is 13.5. The van der Waals surface area contributed by atoms with Gasteiger partial charge in [-0.3, -0.25) is 10.1 Å². The smallest absolute Gasteiger partial charge is 0.293 e. The molecule has 0 atom stereocenters. The lowest BCUT2D eigenvalue weighted by Crippen LogP contribution is -2.62. The summed E-state index contributed by atoms with van der Waals surface area (Å²) in [6.45, 7) is 2.55. The molecule has 0 saturated carbocycles. The van der Waals surface area contributed by atoms with Crippen LogP contribution >= 0.6 is 15.9 Å². The zero-order valence-corrected chi connectivity index (χ0v) is 12.0. The molecule has 1 saturated heterocycles. The molecule has 0 amide bonds. The molecule has 1 aliphatic heterocycles. The van der Waals surface area contributed by atoms with E-state index >= 15 is 0 Å². The first-order valence-corrected chi connectivity index (χ1v) is 6.76. The average molecular weight is 333 g/mol. The summed E-state index contributed by atoms with van der Waals surface area (Å²) in [5.41, 5.74) is -0.759. The van der Waals surface area contributed by atoms with E-state index in [1.54, 1.807) is 4.90 Å². The van der Waals surface area contributed by atoms with Gasteiger partial charge in [-0.15, -0.1) is 0 Å². The third-order valence-electron chi connectivity index (χ3n) is 3.24. The molecule has 7 heteroatoms. The number of nitro groups is 1. The summed E-state index contributed by atoms with van der Waals surface area (Å²) in [5.74, 6) is -0.550. The van der Waals surface area contributed by atoms with E-state index in [0.29, 0.717) is 19.5 Å². The second kappa shape index (κ2) is 5.05. The Morgan fingerprint density at radius 1 is 1.58 bits per heavy atom. The van der Waals surface area contributed by atoms with E-state index in [1.807, 2.05) is 6.92 Å². The van der Waals surface area contributed by atoms with E-state index in [2.05, 4.69) is 15.9 Å². The van der Waals surface area contributed by atoms with Crippen molar-refractivity contribution in [1.29, 1.82) is 0 Å². The summed E-state index contributed by atoms with van der Waals surface area (Å²) < 4.78 is 13.6. The molecule has 0 radical (unpaired) electrons. The van der Waals surface area contributed by atoms with Gasteiger partial charge in [-0.25, -0.2) is 4.39 Å². The SMILES string of the molecule is CCCC1(O)CN(c2cc(F)c(Br)cc2[N+](=O)[O-])C1. The highest BCUT2D eigenvalue weighted by Crippen LogP contribution is 2.38. The first-order valence-electron chi connectivity index (χ1n) is 5.97. The largest absolute Gasteiger partial charge is 0.386 e. The second-order valence-corrected chi connectivity index (χ2v) is 5.70. The van der Waals surface area contributed by atoms with Gasteiger partial charge in [0.25, 0.3) is 5.69 Å². The lowest BCUT2D eigenvalue weighted by molar-refractivity contribution is -0.384. The number of hydrogen-bond acceptors (Lipinski definition) is 4. The van der Waals surface area contributed by atoms with Crippen LogP contribution < -0.4 is 4.90 Å². The molecule has 0 unspecified atom stereocenters. The van der Waals surface area contributed by atoms with E-state index in [-0.39, 0.29) is 15.8 Å². The molecule has 1 N–H and O–H groups in total. The third-order valence-corrected chi connectivity index (χ3v) is 3.85. The van der Waals surface area contributed by atoms with Crippen LogP contribution in [0.3, 0.4) is 0 Å². The molecule has 1 aromatic rings. The molecule has 1 aromatic carbocycles. The Labute approximate surface area is 118 Å². The van der Waals surface area contributed by atoms with Crippen molar-refractivity contribution in [3.05, 3.63) is 32.5 Å². The standard InChI is InChI=1S/C12H14BrFN2O3/c1-2-3-12(17)6-15(7-12)10-5-9(14)8(13)4-11(10)16(18)19/h4-5,17H,2-3,6-7H2,1H3. The van der Waals surface area contributed by atoms with Crippen LogP contribution in [0.25, 0.3) is 0 Å². The Balaban J connectivity index is 2.27. The predicted molar refractivity (Wildman–Crippen MR) is 72.8 cm³/mol. The van der Waals surface area contributed by atoms with Gasteiger partial charge in [-0.1, -0.05) is 13.3 Å². The topological polar surface area (TPSA) is 66.6 Å². The lowest BCUT2D eigenvalue weighted by atomic mass is 9.88. The Morgan fingerprint density at radius 3 is 2.74 bits per heavy atom. The minimum absolute atomic E-state index is 0.0623. The third kappa shape index (κ3) is 2.71. The average Bonchev–Trinajstić information content (AvgIpc) is 2.29. The van der Waals surface area contributed by atoms with Crippen LogP contribution in [-0.4, -0.2) is 28.7 Å². The molecular formula is C12H14BrFN2O3. The molecule has 0 spiro atoms. The number of nitro benzene ring substituents is 1. The number of halogens is 2. The Hall–Kier alpha value is -1.21. The fourth-order valence-corrected chi connectivity index (χ4v) is 2.71. The van der Waals surface area contributed by atoms with Crippen molar-refractivity contribution < 1.29 is 14.4 Å². The van der Waals surface area contributed by atoms with Crippen molar-refractivity contribution in [2.45, 2.75) is 25.4 Å². The maximum absolute atomic E-state index is 13.5. The molecule has 0 aromatic heterocycles. The van der Waals surface area contributed by atoms with Gasteiger partial charge in [0, 0.05) is 25.2 Å². The second-order valence-electron chi connectivity index (χ2n) is 4.84. The van der Waals surface area contributed by atoms with Crippen LogP contribution in [-0.2, 0) is 0 Å². The van der Waals surface area contributed by atoms with E-state index in [4.69, 9.17) is 0 Å². The van der Waals surface area contributed by atoms with Crippen LogP contribution in [0.5, 0.6) is 0 Å². The van der Waals surface area contributed by atoms with Gasteiger partial charge in [0.15, 0.2) is 0 Å². The zero-order valence-electron chi connectivity index (χ0n) is 10.4. The van der Waals surface area contributed by atoms with Gasteiger partial charge in [-0.05, 0) is 22.4 Å². The molecular weight excluding hydrogens is 319 g/mol. The number of anilines is 1. The summed E-state index contributed by atoms with van der Waals surface area (Å²) in [6.07, 6.45) is 1.47. The normalized spacial score (nSPS) is 17.2. The van der Waals surface area contributed by atoms with E-state index in [9.17, 15) is 19.6 Å². The Bertz CT molecular complexity index is 518. The van der Waals surface area contributed by atoms with Crippen molar-refractivity contribution in [3.63, 3.8) is 0 Å². The first-order chi connectivity index (χ1) is 8.86. The van der Waals surface area contributed by atoms with Crippen LogP contribution in [0.15, 0.2) is 16.6 Å². The number of benzene rings is 1. The fourth-order valence-electron chi connectivity index (χ4n) is 2.38. The zero-order chi connectivity index (χ0) is 14.2.